The summed E-state index contributed by atoms with van der Waals surface area (Å²) in [5.74, 6) is 2.96. The molecule has 1 aromatic carbocycles. The van der Waals surface area contributed by atoms with Crippen molar-refractivity contribution in [3.8, 4) is 11.5 Å². The highest BCUT2D eigenvalue weighted by Crippen LogP contribution is 2.09. The van der Waals surface area contributed by atoms with E-state index in [-0.39, 0.29) is 12.5 Å². The zero-order valence-corrected chi connectivity index (χ0v) is 16.9. The molecule has 0 fully saturated rings. The van der Waals surface area contributed by atoms with Crippen LogP contribution in [0.3, 0.4) is 0 Å². The summed E-state index contributed by atoms with van der Waals surface area (Å²) >= 11 is 0. The number of carbonyl (C=O) groups is 1. The van der Waals surface area contributed by atoms with E-state index in [4.69, 9.17) is 0 Å². The molecule has 2 aromatic rings. The number of carbonyl (C=O) groups excluding carboxylic acids is 1. The normalized spacial score (nSPS) is 12.0. The van der Waals surface area contributed by atoms with Gasteiger partial charge in [-0.1, -0.05) is 55.9 Å². The second-order valence-corrected chi connectivity index (χ2v) is 12.2. The summed E-state index contributed by atoms with van der Waals surface area (Å²) in [4.78, 5) is 18.3. The topological polar surface area (TPSA) is 53.4 Å². The van der Waals surface area contributed by atoms with Crippen LogP contribution in [0.5, 0.6) is 0 Å². The van der Waals surface area contributed by atoms with E-state index in [1.807, 2.05) is 30.3 Å². The van der Waals surface area contributed by atoms with E-state index in [9.17, 15) is 9.90 Å². The van der Waals surface area contributed by atoms with Crippen molar-refractivity contribution in [2.45, 2.75) is 32.2 Å². The first-order valence-electron chi connectivity index (χ1n) is 8.70. The summed E-state index contributed by atoms with van der Waals surface area (Å²) in [6, 6.07) is 11.5. The fourth-order valence-corrected chi connectivity index (χ4v) is 2.97. The molecule has 0 radical (unpaired) electrons. The van der Waals surface area contributed by atoms with Crippen LogP contribution in [0, 0.1) is 11.5 Å². The Balaban J connectivity index is 2.02. The van der Waals surface area contributed by atoms with Gasteiger partial charge in [0, 0.05) is 38.0 Å². The molecule has 0 bridgehead atoms. The molecule has 26 heavy (non-hydrogen) atoms. The van der Waals surface area contributed by atoms with Gasteiger partial charge in [0.2, 0.25) is 0 Å². The summed E-state index contributed by atoms with van der Waals surface area (Å²) in [6.07, 6.45) is 3.11. The van der Waals surface area contributed by atoms with E-state index < -0.39 is 14.2 Å². The number of pyridine rings is 1. The van der Waals surface area contributed by atoms with E-state index in [2.05, 4.69) is 36.1 Å². The minimum atomic E-state index is -1.48. The molecule has 0 spiro atoms. The van der Waals surface area contributed by atoms with Crippen LogP contribution in [0.2, 0.25) is 19.6 Å². The summed E-state index contributed by atoms with van der Waals surface area (Å²) in [6.45, 7) is 6.78. The highest BCUT2D eigenvalue weighted by atomic mass is 28.3. The van der Waals surface area contributed by atoms with Crippen molar-refractivity contribution in [1.82, 2.24) is 9.88 Å². The molecule has 1 amide bonds. The van der Waals surface area contributed by atoms with Gasteiger partial charge in [0.1, 0.15) is 8.07 Å². The Morgan fingerprint density at radius 2 is 1.92 bits per heavy atom. The van der Waals surface area contributed by atoms with E-state index >= 15 is 0 Å². The molecule has 0 unspecified atom stereocenters. The van der Waals surface area contributed by atoms with E-state index in [0.29, 0.717) is 12.0 Å². The highest BCUT2D eigenvalue weighted by Gasteiger charge is 2.16. The van der Waals surface area contributed by atoms with Crippen molar-refractivity contribution in [3.63, 3.8) is 0 Å². The summed E-state index contributed by atoms with van der Waals surface area (Å²) < 4.78 is 0. The third kappa shape index (κ3) is 6.47. The Hall–Kier alpha value is -2.42. The molecule has 4 nitrogen and oxygen atoms in total. The molecule has 5 heteroatoms. The minimum absolute atomic E-state index is 0.165. The van der Waals surface area contributed by atoms with Gasteiger partial charge in [-0.3, -0.25) is 9.78 Å². The predicted molar refractivity (Wildman–Crippen MR) is 108 cm³/mol. The Bertz CT molecular complexity index is 804. The average Bonchev–Trinajstić information content (AvgIpc) is 2.59. The highest BCUT2D eigenvalue weighted by molar-refractivity contribution is 6.83. The summed E-state index contributed by atoms with van der Waals surface area (Å²) in [5, 5.41) is 10.3. The Kier molecular flexibility index (Phi) is 6.73. The van der Waals surface area contributed by atoms with Gasteiger partial charge in [-0.2, -0.15) is 0 Å². The molecule has 1 heterocycles. The quantitative estimate of drug-likeness (QED) is 0.654. The van der Waals surface area contributed by atoms with Crippen LogP contribution in [0.25, 0.3) is 0 Å². The van der Waals surface area contributed by atoms with Crippen LogP contribution < -0.4 is 0 Å². The Labute approximate surface area is 156 Å². The molecular formula is C21H26N2O2Si. The van der Waals surface area contributed by atoms with Crippen LogP contribution in [0.1, 0.15) is 21.5 Å². The lowest BCUT2D eigenvalue weighted by Gasteiger charge is -2.21. The van der Waals surface area contributed by atoms with Crippen molar-refractivity contribution in [2.24, 2.45) is 0 Å². The van der Waals surface area contributed by atoms with Gasteiger partial charge >= 0.3 is 0 Å². The van der Waals surface area contributed by atoms with Crippen molar-refractivity contribution in [3.05, 3.63) is 65.5 Å². The molecular weight excluding hydrogens is 340 g/mol. The van der Waals surface area contributed by atoms with Crippen LogP contribution in [-0.4, -0.2) is 48.7 Å². The molecule has 1 aromatic heterocycles. The maximum Gasteiger partial charge on any atom is 0.255 e. The number of benzene rings is 1. The van der Waals surface area contributed by atoms with E-state index in [1.54, 1.807) is 25.5 Å². The van der Waals surface area contributed by atoms with Crippen molar-refractivity contribution < 1.29 is 9.90 Å². The third-order valence-electron chi connectivity index (χ3n) is 3.71. The molecule has 2 rings (SSSR count). The number of amides is 1. The molecule has 0 aliphatic heterocycles. The predicted octanol–water partition coefficient (Wildman–Crippen LogP) is 2.99. The third-order valence-corrected chi connectivity index (χ3v) is 4.59. The smallest absolute Gasteiger partial charge is 0.255 e. The van der Waals surface area contributed by atoms with Gasteiger partial charge in [0.25, 0.3) is 5.91 Å². The van der Waals surface area contributed by atoms with Crippen molar-refractivity contribution in [1.29, 1.82) is 0 Å². The van der Waals surface area contributed by atoms with E-state index in [1.165, 1.54) is 4.90 Å². The van der Waals surface area contributed by atoms with Crippen LogP contribution in [-0.2, 0) is 6.42 Å². The average molecular weight is 367 g/mol. The summed E-state index contributed by atoms with van der Waals surface area (Å²) in [7, 11) is 0.209. The van der Waals surface area contributed by atoms with Gasteiger partial charge in [-0.05, 0) is 11.6 Å². The SMILES string of the molecule is CN(C[C@@H](O)Cc1ccccc1)C(=O)c1cncc(C#C[Si](C)(C)C)c1. The molecule has 1 atom stereocenters. The standard InChI is InChI=1S/C21H26N2O2Si/c1-23(16-20(24)13-17-8-6-5-7-9-17)21(25)19-12-18(14-22-15-19)10-11-26(2,3)4/h5-9,12,14-15,20,24H,13,16H2,1-4H3/t20-/m0/s1. The molecule has 0 aliphatic carbocycles. The van der Waals surface area contributed by atoms with Gasteiger partial charge in [-0.15, -0.1) is 5.54 Å². The van der Waals surface area contributed by atoms with E-state index in [0.717, 1.165) is 11.1 Å². The number of hydrogen-bond donors (Lipinski definition) is 1. The minimum Gasteiger partial charge on any atom is -0.391 e. The first kappa shape index (κ1) is 19.9. The molecule has 1 N–H and O–H groups in total. The van der Waals surface area contributed by atoms with Gasteiger partial charge in [0.05, 0.1) is 11.7 Å². The molecule has 136 valence electrons. The Morgan fingerprint density at radius 3 is 2.58 bits per heavy atom. The fourth-order valence-electron chi connectivity index (χ4n) is 2.46. The van der Waals surface area contributed by atoms with Crippen molar-refractivity contribution in [2.75, 3.05) is 13.6 Å². The number of aromatic nitrogens is 1. The van der Waals surface area contributed by atoms with Gasteiger partial charge < -0.3 is 10.0 Å². The first-order chi connectivity index (χ1) is 12.2. The van der Waals surface area contributed by atoms with Crippen LogP contribution >= 0.6 is 0 Å². The van der Waals surface area contributed by atoms with Crippen LogP contribution in [0.4, 0.5) is 0 Å². The fraction of sp³-hybridized carbons (Fsp3) is 0.333. The summed E-state index contributed by atoms with van der Waals surface area (Å²) in [5.41, 5.74) is 5.56. The molecule has 0 saturated carbocycles. The molecule has 0 aliphatic rings. The Morgan fingerprint density at radius 1 is 1.23 bits per heavy atom. The number of likely N-dealkylation sites (N-methyl/N-ethyl adjacent to an activating group) is 1. The second kappa shape index (κ2) is 8.79. The number of aliphatic hydroxyl groups is 1. The van der Waals surface area contributed by atoms with Crippen molar-refractivity contribution >= 4 is 14.0 Å². The van der Waals surface area contributed by atoms with Gasteiger partial charge in [-0.25, -0.2) is 0 Å². The lowest BCUT2D eigenvalue weighted by molar-refractivity contribution is 0.0681. The zero-order chi connectivity index (χ0) is 19.2. The lowest BCUT2D eigenvalue weighted by Crippen LogP contribution is -2.35. The largest absolute Gasteiger partial charge is 0.391 e. The monoisotopic (exact) mass is 366 g/mol. The lowest BCUT2D eigenvalue weighted by atomic mass is 10.1. The molecule has 0 saturated heterocycles. The maximum atomic E-state index is 12.6. The van der Waals surface area contributed by atoms with Crippen LogP contribution in [0.15, 0.2) is 48.8 Å². The number of nitrogens with zero attached hydrogens (tertiary/aromatic N) is 2. The van der Waals surface area contributed by atoms with Gasteiger partial charge in [0.15, 0.2) is 0 Å². The maximum absolute atomic E-state index is 12.6. The first-order valence-corrected chi connectivity index (χ1v) is 12.2. The number of hydrogen-bond acceptors (Lipinski definition) is 3. The number of rotatable bonds is 5. The second-order valence-electron chi connectivity index (χ2n) is 7.49. The zero-order valence-electron chi connectivity index (χ0n) is 15.9. The number of aliphatic hydroxyl groups excluding tert-OH is 1.